The van der Waals surface area contributed by atoms with Crippen LogP contribution in [0, 0.1) is 13.8 Å². The molecule has 0 spiro atoms. The number of allylic oxidation sites excluding steroid dienone is 2. The molecule has 30 heavy (non-hydrogen) atoms. The fraction of sp³-hybridized carbons (Fsp3) is 0.348. The molecule has 3 unspecified atom stereocenters. The minimum atomic E-state index is -0.796. The first-order valence-corrected chi connectivity index (χ1v) is 10.4. The van der Waals surface area contributed by atoms with E-state index in [-0.39, 0.29) is 0 Å². The number of aliphatic hydroxyl groups excluding tert-OH is 1. The van der Waals surface area contributed by atoms with E-state index in [0.717, 1.165) is 34.6 Å². The molecule has 7 nitrogen and oxygen atoms in total. The molecule has 0 fully saturated rings. The van der Waals surface area contributed by atoms with Gasteiger partial charge in [-0.25, -0.2) is 9.51 Å². The molecule has 5 rings (SSSR count). The van der Waals surface area contributed by atoms with E-state index in [2.05, 4.69) is 41.4 Å². The lowest BCUT2D eigenvalue weighted by atomic mass is 9.92. The molecule has 154 valence electrons. The highest BCUT2D eigenvalue weighted by molar-refractivity contribution is 6.00. The number of hydrogen-bond donors (Lipinski definition) is 2. The van der Waals surface area contributed by atoms with E-state index in [1.165, 1.54) is 5.57 Å². The van der Waals surface area contributed by atoms with Gasteiger partial charge < -0.3 is 15.3 Å². The summed E-state index contributed by atoms with van der Waals surface area (Å²) in [4.78, 5) is 11.1. The molecule has 2 aromatic rings. The molecule has 0 saturated carbocycles. The summed E-state index contributed by atoms with van der Waals surface area (Å²) in [6.07, 6.45) is 12.1. The van der Waals surface area contributed by atoms with Gasteiger partial charge in [0.25, 0.3) is 0 Å². The largest absolute Gasteiger partial charge is 0.369 e. The first kappa shape index (κ1) is 19.0. The smallest absolute Gasteiger partial charge is 0.153 e. The number of amidine groups is 1. The standard InChI is InChI=1S/C23H26N6O/c1-13-7-18(8-14(2)24-13)17-5-6-22-26-19(10-23(30)28(22)12-17)20-9-21-16(4)25-15(3)11-29(21)27-20/h5-7,9-14,23-24,30H,8H2,1-4H3. The van der Waals surface area contributed by atoms with E-state index in [0.29, 0.717) is 23.6 Å². The number of nitrogens with one attached hydrogen (secondary N) is 1. The second-order valence-corrected chi connectivity index (χ2v) is 8.34. The molecular formula is C23H26N6O. The van der Waals surface area contributed by atoms with Gasteiger partial charge in [0.05, 0.1) is 28.8 Å². The Bertz CT molecular complexity index is 1180. The average molecular weight is 403 g/mol. The van der Waals surface area contributed by atoms with Gasteiger partial charge >= 0.3 is 0 Å². The Kier molecular flexibility index (Phi) is 4.45. The molecular weight excluding hydrogens is 376 g/mol. The Balaban J connectivity index is 1.46. The van der Waals surface area contributed by atoms with E-state index < -0.39 is 6.23 Å². The molecule has 5 heterocycles. The van der Waals surface area contributed by atoms with E-state index >= 15 is 0 Å². The molecule has 3 atom stereocenters. The zero-order chi connectivity index (χ0) is 21.0. The van der Waals surface area contributed by atoms with Crippen LogP contribution < -0.4 is 5.32 Å². The summed E-state index contributed by atoms with van der Waals surface area (Å²) >= 11 is 0. The van der Waals surface area contributed by atoms with Crippen LogP contribution in [0.5, 0.6) is 0 Å². The molecule has 3 aliphatic heterocycles. The molecule has 2 aromatic heterocycles. The van der Waals surface area contributed by atoms with Crippen LogP contribution >= 0.6 is 0 Å². The Morgan fingerprint density at radius 3 is 2.80 bits per heavy atom. The van der Waals surface area contributed by atoms with Gasteiger partial charge in [-0.15, -0.1) is 0 Å². The van der Waals surface area contributed by atoms with Crippen molar-refractivity contribution >= 4 is 17.0 Å². The lowest BCUT2D eigenvalue weighted by Gasteiger charge is -2.33. The predicted molar refractivity (Wildman–Crippen MR) is 118 cm³/mol. The second-order valence-electron chi connectivity index (χ2n) is 8.34. The summed E-state index contributed by atoms with van der Waals surface area (Å²) in [6, 6.07) is 2.73. The van der Waals surface area contributed by atoms with Crippen molar-refractivity contribution in [3.05, 3.63) is 71.0 Å². The van der Waals surface area contributed by atoms with Crippen LogP contribution in [-0.2, 0) is 0 Å². The highest BCUT2D eigenvalue weighted by Crippen LogP contribution is 2.30. The van der Waals surface area contributed by atoms with Gasteiger partial charge in [-0.3, -0.25) is 4.98 Å². The zero-order valence-electron chi connectivity index (χ0n) is 17.7. The third-order valence-corrected chi connectivity index (χ3v) is 5.70. The van der Waals surface area contributed by atoms with Crippen molar-refractivity contribution in [2.45, 2.75) is 52.4 Å². The number of rotatable bonds is 2. The van der Waals surface area contributed by atoms with Gasteiger partial charge in [-0.1, -0.05) is 6.08 Å². The number of aliphatic imine (C=N–C) groups is 1. The quantitative estimate of drug-likeness (QED) is 0.808. The zero-order valence-corrected chi connectivity index (χ0v) is 17.7. The first-order valence-electron chi connectivity index (χ1n) is 10.4. The van der Waals surface area contributed by atoms with Gasteiger partial charge in [0.2, 0.25) is 0 Å². The molecule has 2 N–H and O–H groups in total. The summed E-state index contributed by atoms with van der Waals surface area (Å²) < 4.78 is 1.83. The summed E-state index contributed by atoms with van der Waals surface area (Å²) in [5.74, 6) is 0.711. The average Bonchev–Trinajstić information content (AvgIpc) is 3.11. The van der Waals surface area contributed by atoms with Crippen LogP contribution in [0.15, 0.2) is 58.9 Å². The fourth-order valence-electron chi connectivity index (χ4n) is 4.42. The van der Waals surface area contributed by atoms with Crippen molar-refractivity contribution < 1.29 is 5.11 Å². The van der Waals surface area contributed by atoms with Crippen LogP contribution in [0.1, 0.15) is 37.4 Å². The molecule has 0 bridgehead atoms. The fourth-order valence-corrected chi connectivity index (χ4v) is 4.42. The highest BCUT2D eigenvalue weighted by Gasteiger charge is 2.27. The van der Waals surface area contributed by atoms with Crippen LogP contribution in [-0.4, -0.2) is 48.8 Å². The summed E-state index contributed by atoms with van der Waals surface area (Å²) in [7, 11) is 0. The van der Waals surface area contributed by atoms with Crippen molar-refractivity contribution in [2.75, 3.05) is 0 Å². The topological polar surface area (TPSA) is 78.0 Å². The minimum Gasteiger partial charge on any atom is -0.369 e. The monoisotopic (exact) mass is 402 g/mol. The van der Waals surface area contributed by atoms with Crippen molar-refractivity contribution in [1.29, 1.82) is 0 Å². The van der Waals surface area contributed by atoms with Gasteiger partial charge in [-0.2, -0.15) is 5.10 Å². The Hall–Kier alpha value is -3.03. The SMILES string of the molecule is Cc1cn2nc(C3=CC(O)N4C=C(C5=CC(C)NC(C)C5)C=CC4=N3)cc2c(C)n1. The maximum atomic E-state index is 10.8. The highest BCUT2D eigenvalue weighted by atomic mass is 16.3. The number of hydrogen-bond acceptors (Lipinski definition) is 6. The molecule has 0 saturated heterocycles. The molecule has 0 radical (unpaired) electrons. The molecule has 0 aliphatic carbocycles. The molecule has 0 amide bonds. The lowest BCUT2D eigenvalue weighted by molar-refractivity contribution is 0.127. The number of aromatic nitrogens is 3. The van der Waals surface area contributed by atoms with Gasteiger partial charge in [-0.05, 0) is 69.6 Å². The Morgan fingerprint density at radius 2 is 2.00 bits per heavy atom. The summed E-state index contributed by atoms with van der Waals surface area (Å²) in [5, 5.41) is 19.0. The molecule has 0 aromatic carbocycles. The first-order chi connectivity index (χ1) is 14.4. The van der Waals surface area contributed by atoms with Crippen LogP contribution in [0.3, 0.4) is 0 Å². The normalized spacial score (nSPS) is 26.2. The minimum absolute atomic E-state index is 0.336. The Labute approximate surface area is 175 Å². The predicted octanol–water partition coefficient (Wildman–Crippen LogP) is 2.87. The number of nitrogens with zero attached hydrogens (tertiary/aromatic N) is 5. The lowest BCUT2D eigenvalue weighted by Crippen LogP contribution is -2.39. The van der Waals surface area contributed by atoms with Gasteiger partial charge in [0, 0.05) is 18.3 Å². The van der Waals surface area contributed by atoms with Crippen molar-refractivity contribution in [2.24, 2.45) is 4.99 Å². The van der Waals surface area contributed by atoms with Crippen molar-refractivity contribution in [1.82, 2.24) is 24.8 Å². The maximum Gasteiger partial charge on any atom is 0.153 e. The van der Waals surface area contributed by atoms with E-state index in [4.69, 9.17) is 4.99 Å². The second kappa shape index (κ2) is 7.04. The Morgan fingerprint density at radius 1 is 1.17 bits per heavy atom. The maximum absolute atomic E-state index is 10.8. The van der Waals surface area contributed by atoms with Crippen molar-refractivity contribution in [3.8, 4) is 0 Å². The van der Waals surface area contributed by atoms with E-state index in [1.807, 2.05) is 47.8 Å². The third kappa shape index (κ3) is 3.30. The summed E-state index contributed by atoms with van der Waals surface area (Å²) in [5.41, 5.74) is 6.58. The van der Waals surface area contributed by atoms with Crippen LogP contribution in [0.2, 0.25) is 0 Å². The van der Waals surface area contributed by atoms with Crippen LogP contribution in [0.4, 0.5) is 0 Å². The van der Waals surface area contributed by atoms with E-state index in [1.54, 1.807) is 6.08 Å². The van der Waals surface area contributed by atoms with E-state index in [9.17, 15) is 5.11 Å². The van der Waals surface area contributed by atoms with Crippen LogP contribution in [0.25, 0.3) is 11.2 Å². The van der Waals surface area contributed by atoms with Gasteiger partial charge in [0.15, 0.2) is 6.23 Å². The third-order valence-electron chi connectivity index (χ3n) is 5.70. The summed E-state index contributed by atoms with van der Waals surface area (Å²) in [6.45, 7) is 8.28. The molecule has 7 heteroatoms. The number of fused-ring (bicyclic) bond motifs is 2. The molecule has 3 aliphatic rings. The van der Waals surface area contributed by atoms with Gasteiger partial charge in [0.1, 0.15) is 11.5 Å². The number of aryl methyl sites for hydroxylation is 2. The number of aliphatic hydroxyl groups is 1. The van der Waals surface area contributed by atoms with Crippen molar-refractivity contribution in [3.63, 3.8) is 0 Å².